The Morgan fingerprint density at radius 1 is 1.64 bits per heavy atom. The van der Waals surface area contributed by atoms with E-state index in [1.165, 1.54) is 4.88 Å². The minimum Gasteiger partial charge on any atom is -0.388 e. The zero-order valence-corrected chi connectivity index (χ0v) is 10.3. The molecule has 0 saturated heterocycles. The summed E-state index contributed by atoms with van der Waals surface area (Å²) in [5, 5.41) is 12.3. The van der Waals surface area contributed by atoms with Crippen molar-refractivity contribution in [1.29, 1.82) is 0 Å². The van der Waals surface area contributed by atoms with E-state index in [0.717, 1.165) is 17.3 Å². The maximum absolute atomic E-state index is 10.3. The van der Waals surface area contributed by atoms with Gasteiger partial charge in [-0.1, -0.05) is 0 Å². The molecule has 1 saturated carbocycles. The molecule has 1 atom stereocenters. The molecule has 14 heavy (non-hydrogen) atoms. The summed E-state index contributed by atoms with van der Waals surface area (Å²) >= 11 is 5.15. The molecular formula is C10H14BrNOS. The number of aliphatic hydroxyl groups is 1. The van der Waals surface area contributed by atoms with Gasteiger partial charge >= 0.3 is 0 Å². The van der Waals surface area contributed by atoms with E-state index in [-0.39, 0.29) is 0 Å². The molecular weight excluding hydrogens is 262 g/mol. The summed E-state index contributed by atoms with van der Waals surface area (Å²) in [4.78, 5) is 1.20. The van der Waals surface area contributed by atoms with Gasteiger partial charge in [-0.15, -0.1) is 11.3 Å². The Labute approximate surface area is 96.3 Å². The average molecular weight is 276 g/mol. The van der Waals surface area contributed by atoms with Crippen LogP contribution >= 0.6 is 27.3 Å². The summed E-state index contributed by atoms with van der Waals surface area (Å²) in [5.41, 5.74) is 4.98. The maximum Gasteiger partial charge on any atom is 0.0845 e. The fourth-order valence-corrected chi connectivity index (χ4v) is 3.34. The van der Waals surface area contributed by atoms with Crippen LogP contribution in [0.4, 0.5) is 0 Å². The average Bonchev–Trinajstić information content (AvgIpc) is 2.95. The standard InChI is InChI=1S/C10H14BrNOS/c11-8-3-4-14-9(8)5-10(13,6-12)7-1-2-7/h3-4,7,13H,1-2,5-6,12H2. The lowest BCUT2D eigenvalue weighted by Gasteiger charge is -2.26. The second kappa shape index (κ2) is 3.93. The van der Waals surface area contributed by atoms with E-state index in [2.05, 4.69) is 15.9 Å². The number of rotatable bonds is 4. The molecule has 2 nitrogen and oxygen atoms in total. The largest absolute Gasteiger partial charge is 0.388 e. The molecule has 1 unspecified atom stereocenters. The molecule has 4 heteroatoms. The second-order valence-corrected chi connectivity index (χ2v) is 5.81. The van der Waals surface area contributed by atoms with E-state index in [9.17, 15) is 5.11 Å². The van der Waals surface area contributed by atoms with Crippen molar-refractivity contribution in [1.82, 2.24) is 0 Å². The van der Waals surface area contributed by atoms with Gasteiger partial charge in [0.15, 0.2) is 0 Å². The van der Waals surface area contributed by atoms with Crippen LogP contribution in [0.25, 0.3) is 0 Å². The number of hydrogen-bond donors (Lipinski definition) is 2. The van der Waals surface area contributed by atoms with E-state index in [0.29, 0.717) is 18.9 Å². The van der Waals surface area contributed by atoms with E-state index in [1.807, 2.05) is 11.4 Å². The Bertz CT molecular complexity index is 324. The summed E-state index contributed by atoms with van der Waals surface area (Å²) in [6.07, 6.45) is 2.93. The van der Waals surface area contributed by atoms with Gasteiger partial charge in [-0.05, 0) is 46.1 Å². The smallest absolute Gasteiger partial charge is 0.0845 e. The zero-order valence-electron chi connectivity index (χ0n) is 7.87. The first-order valence-electron chi connectivity index (χ1n) is 4.80. The Morgan fingerprint density at radius 2 is 2.36 bits per heavy atom. The summed E-state index contributed by atoms with van der Waals surface area (Å²) in [6.45, 7) is 0.363. The highest BCUT2D eigenvalue weighted by Crippen LogP contribution is 2.42. The van der Waals surface area contributed by atoms with Crippen molar-refractivity contribution < 1.29 is 5.11 Å². The number of thiophene rings is 1. The predicted octanol–water partition coefficient (Wildman–Crippen LogP) is 2.15. The van der Waals surface area contributed by atoms with Gasteiger partial charge in [0.2, 0.25) is 0 Å². The summed E-state index contributed by atoms with van der Waals surface area (Å²) in [7, 11) is 0. The molecule has 3 N–H and O–H groups in total. The molecule has 78 valence electrons. The molecule has 2 rings (SSSR count). The monoisotopic (exact) mass is 275 g/mol. The van der Waals surface area contributed by atoms with Crippen LogP contribution in [0.5, 0.6) is 0 Å². The van der Waals surface area contributed by atoms with E-state index in [4.69, 9.17) is 5.73 Å². The molecule has 1 aromatic rings. The zero-order chi connectivity index (χ0) is 10.2. The molecule has 0 bridgehead atoms. The van der Waals surface area contributed by atoms with Gasteiger partial charge in [-0.25, -0.2) is 0 Å². The fourth-order valence-electron chi connectivity index (χ4n) is 1.73. The fraction of sp³-hybridized carbons (Fsp3) is 0.600. The van der Waals surface area contributed by atoms with Gasteiger partial charge in [0, 0.05) is 22.3 Å². The first kappa shape index (κ1) is 10.6. The normalized spacial score (nSPS) is 20.8. The molecule has 1 aliphatic carbocycles. The minimum atomic E-state index is -0.673. The molecule has 0 spiro atoms. The van der Waals surface area contributed by atoms with Crippen molar-refractivity contribution in [3.05, 3.63) is 20.8 Å². The van der Waals surface area contributed by atoms with Crippen molar-refractivity contribution in [2.24, 2.45) is 11.7 Å². The lowest BCUT2D eigenvalue weighted by atomic mass is 9.93. The lowest BCUT2D eigenvalue weighted by Crippen LogP contribution is -2.42. The number of nitrogens with two attached hydrogens (primary N) is 1. The third-order valence-corrected chi connectivity index (χ3v) is 4.77. The van der Waals surface area contributed by atoms with Crippen LogP contribution in [0.15, 0.2) is 15.9 Å². The van der Waals surface area contributed by atoms with Gasteiger partial charge in [-0.3, -0.25) is 0 Å². The van der Waals surface area contributed by atoms with Crippen molar-refractivity contribution in [2.75, 3.05) is 6.54 Å². The van der Waals surface area contributed by atoms with Crippen LogP contribution in [-0.2, 0) is 6.42 Å². The van der Waals surface area contributed by atoms with Crippen LogP contribution in [0, 0.1) is 5.92 Å². The van der Waals surface area contributed by atoms with Crippen LogP contribution in [-0.4, -0.2) is 17.3 Å². The van der Waals surface area contributed by atoms with Crippen molar-refractivity contribution >= 4 is 27.3 Å². The van der Waals surface area contributed by atoms with Crippen molar-refractivity contribution in [3.63, 3.8) is 0 Å². The second-order valence-electron chi connectivity index (χ2n) is 3.95. The predicted molar refractivity (Wildman–Crippen MR) is 62.5 cm³/mol. The molecule has 0 aliphatic heterocycles. The summed E-state index contributed by atoms with van der Waals surface area (Å²) < 4.78 is 1.09. The Morgan fingerprint density at radius 3 is 2.79 bits per heavy atom. The minimum absolute atomic E-state index is 0.363. The third-order valence-electron chi connectivity index (χ3n) is 2.85. The molecule has 0 radical (unpaired) electrons. The Balaban J connectivity index is 2.11. The lowest BCUT2D eigenvalue weighted by molar-refractivity contribution is 0.0273. The maximum atomic E-state index is 10.3. The number of hydrogen-bond acceptors (Lipinski definition) is 3. The van der Waals surface area contributed by atoms with Crippen molar-refractivity contribution in [3.8, 4) is 0 Å². The highest BCUT2D eigenvalue weighted by Gasteiger charge is 2.43. The van der Waals surface area contributed by atoms with Gasteiger partial charge < -0.3 is 10.8 Å². The van der Waals surface area contributed by atoms with Crippen LogP contribution in [0.3, 0.4) is 0 Å². The summed E-state index contributed by atoms with van der Waals surface area (Å²) in [5.74, 6) is 0.418. The number of halogens is 1. The quantitative estimate of drug-likeness (QED) is 0.885. The molecule has 0 aromatic carbocycles. The SMILES string of the molecule is NCC(O)(Cc1sccc1Br)C1CC1. The van der Waals surface area contributed by atoms with E-state index < -0.39 is 5.60 Å². The van der Waals surface area contributed by atoms with E-state index in [1.54, 1.807) is 11.3 Å². The van der Waals surface area contributed by atoms with Crippen LogP contribution in [0.1, 0.15) is 17.7 Å². The van der Waals surface area contributed by atoms with Gasteiger partial charge in [-0.2, -0.15) is 0 Å². The Hall–Kier alpha value is 0.100. The highest BCUT2D eigenvalue weighted by atomic mass is 79.9. The summed E-state index contributed by atoms with van der Waals surface area (Å²) in [6, 6.07) is 2.02. The van der Waals surface area contributed by atoms with Gasteiger partial charge in [0.25, 0.3) is 0 Å². The first-order chi connectivity index (χ1) is 6.65. The molecule has 1 heterocycles. The van der Waals surface area contributed by atoms with E-state index >= 15 is 0 Å². The molecule has 1 aromatic heterocycles. The van der Waals surface area contributed by atoms with Gasteiger partial charge in [0.1, 0.15) is 0 Å². The molecule has 1 fully saturated rings. The van der Waals surface area contributed by atoms with Crippen LogP contribution < -0.4 is 5.73 Å². The first-order valence-corrected chi connectivity index (χ1v) is 6.47. The van der Waals surface area contributed by atoms with Crippen LogP contribution in [0.2, 0.25) is 0 Å². The third kappa shape index (κ3) is 2.03. The highest BCUT2D eigenvalue weighted by molar-refractivity contribution is 9.10. The van der Waals surface area contributed by atoms with Crippen molar-refractivity contribution in [2.45, 2.75) is 24.9 Å². The van der Waals surface area contributed by atoms with Gasteiger partial charge in [0.05, 0.1) is 5.60 Å². The molecule has 0 amide bonds. The molecule has 1 aliphatic rings. The topological polar surface area (TPSA) is 46.2 Å². The Kier molecular flexibility index (Phi) is 2.98.